The van der Waals surface area contributed by atoms with Crippen molar-refractivity contribution in [2.75, 3.05) is 6.54 Å². The molecular formula is C10H19NO3. The highest BCUT2D eigenvalue weighted by atomic mass is 16.4. The molecule has 0 saturated heterocycles. The Bertz CT molecular complexity index is 178. The van der Waals surface area contributed by atoms with E-state index in [-0.39, 0.29) is 0 Å². The lowest BCUT2D eigenvalue weighted by molar-refractivity contribution is -0.146. The first-order valence-corrected chi connectivity index (χ1v) is 5.34. The summed E-state index contributed by atoms with van der Waals surface area (Å²) in [4.78, 5) is 10.3. The third-order valence-electron chi connectivity index (χ3n) is 2.74. The van der Waals surface area contributed by atoms with Crippen LogP contribution in [0.15, 0.2) is 0 Å². The standard InChI is InChI=1S/C10H19NO3/c12-9(10(13)14)6-7-11-8-4-2-1-3-5-8/h8-9,11-12H,1-7H2,(H,13,14). The van der Waals surface area contributed by atoms with Gasteiger partial charge in [0.05, 0.1) is 0 Å². The fourth-order valence-electron chi connectivity index (χ4n) is 1.85. The molecule has 82 valence electrons. The number of aliphatic hydroxyl groups excluding tert-OH is 1. The van der Waals surface area contributed by atoms with Crippen LogP contribution in [0.2, 0.25) is 0 Å². The minimum atomic E-state index is -1.22. The summed E-state index contributed by atoms with van der Waals surface area (Å²) in [5, 5.41) is 20.7. The van der Waals surface area contributed by atoms with Crippen LogP contribution in [0.3, 0.4) is 0 Å². The Balaban J connectivity index is 2.05. The molecule has 1 fully saturated rings. The van der Waals surface area contributed by atoms with E-state index in [1.54, 1.807) is 0 Å². The van der Waals surface area contributed by atoms with Gasteiger partial charge in [0.15, 0.2) is 6.10 Å². The van der Waals surface area contributed by atoms with Crippen LogP contribution in [0, 0.1) is 0 Å². The van der Waals surface area contributed by atoms with Gasteiger partial charge in [-0.25, -0.2) is 4.79 Å². The fourth-order valence-corrected chi connectivity index (χ4v) is 1.85. The molecule has 3 N–H and O–H groups in total. The lowest BCUT2D eigenvalue weighted by Gasteiger charge is -2.23. The van der Waals surface area contributed by atoms with Gasteiger partial charge in [-0.3, -0.25) is 0 Å². The molecule has 0 spiro atoms. The predicted molar refractivity (Wildman–Crippen MR) is 53.1 cm³/mol. The third kappa shape index (κ3) is 4.07. The number of aliphatic hydroxyl groups is 1. The Hall–Kier alpha value is -0.610. The highest BCUT2D eigenvalue weighted by Gasteiger charge is 2.15. The summed E-state index contributed by atoms with van der Waals surface area (Å²) in [5.74, 6) is -1.13. The van der Waals surface area contributed by atoms with E-state index in [0.717, 1.165) is 0 Å². The summed E-state index contributed by atoms with van der Waals surface area (Å²) >= 11 is 0. The quantitative estimate of drug-likeness (QED) is 0.613. The van der Waals surface area contributed by atoms with Crippen molar-refractivity contribution < 1.29 is 15.0 Å². The Morgan fingerprint density at radius 2 is 2.00 bits per heavy atom. The number of hydrogen-bond donors (Lipinski definition) is 3. The second kappa shape index (κ2) is 5.98. The van der Waals surface area contributed by atoms with Crippen LogP contribution in [0.1, 0.15) is 38.5 Å². The lowest BCUT2D eigenvalue weighted by atomic mass is 9.95. The van der Waals surface area contributed by atoms with E-state index < -0.39 is 12.1 Å². The second-order valence-electron chi connectivity index (χ2n) is 3.93. The van der Waals surface area contributed by atoms with E-state index in [0.29, 0.717) is 19.0 Å². The minimum absolute atomic E-state index is 0.297. The van der Waals surface area contributed by atoms with Crippen LogP contribution >= 0.6 is 0 Å². The zero-order valence-corrected chi connectivity index (χ0v) is 8.41. The maximum atomic E-state index is 10.3. The number of carboxylic acids is 1. The van der Waals surface area contributed by atoms with Crippen molar-refractivity contribution in [2.24, 2.45) is 0 Å². The molecule has 0 aromatic rings. The number of aliphatic carboxylic acids is 1. The van der Waals surface area contributed by atoms with Gasteiger partial charge in [0.25, 0.3) is 0 Å². The van der Waals surface area contributed by atoms with Gasteiger partial charge >= 0.3 is 5.97 Å². The van der Waals surface area contributed by atoms with Gasteiger partial charge in [-0.05, 0) is 25.8 Å². The zero-order chi connectivity index (χ0) is 10.4. The maximum Gasteiger partial charge on any atom is 0.332 e. The molecule has 0 aromatic carbocycles. The van der Waals surface area contributed by atoms with Crippen LogP contribution < -0.4 is 5.32 Å². The van der Waals surface area contributed by atoms with Gasteiger partial charge in [0, 0.05) is 6.04 Å². The fraction of sp³-hybridized carbons (Fsp3) is 0.900. The number of carboxylic acid groups (broad SMARTS) is 1. The minimum Gasteiger partial charge on any atom is -0.479 e. The molecule has 1 unspecified atom stereocenters. The summed E-state index contributed by atoms with van der Waals surface area (Å²) in [5.41, 5.74) is 0. The molecule has 14 heavy (non-hydrogen) atoms. The number of hydrogen-bond acceptors (Lipinski definition) is 3. The molecule has 1 aliphatic carbocycles. The summed E-state index contributed by atoms with van der Waals surface area (Å²) in [6.45, 7) is 0.595. The van der Waals surface area contributed by atoms with Gasteiger partial charge < -0.3 is 15.5 Å². The van der Waals surface area contributed by atoms with Crippen LogP contribution in [-0.2, 0) is 4.79 Å². The Morgan fingerprint density at radius 3 is 2.57 bits per heavy atom. The molecule has 4 nitrogen and oxygen atoms in total. The predicted octanol–water partition coefficient (Wildman–Crippen LogP) is 0.744. The molecule has 0 bridgehead atoms. The van der Waals surface area contributed by atoms with Crippen LogP contribution in [-0.4, -0.2) is 34.9 Å². The monoisotopic (exact) mass is 201 g/mol. The molecule has 1 atom stereocenters. The number of rotatable bonds is 5. The van der Waals surface area contributed by atoms with Crippen molar-refractivity contribution in [3.8, 4) is 0 Å². The van der Waals surface area contributed by atoms with Gasteiger partial charge in [-0.2, -0.15) is 0 Å². The van der Waals surface area contributed by atoms with Crippen molar-refractivity contribution in [1.29, 1.82) is 0 Å². The summed E-state index contributed by atoms with van der Waals surface area (Å²) in [7, 11) is 0. The molecule has 0 aromatic heterocycles. The SMILES string of the molecule is O=C(O)C(O)CCNC1CCCCC1. The highest BCUT2D eigenvalue weighted by Crippen LogP contribution is 2.17. The Kier molecular flexibility index (Phi) is 4.90. The Morgan fingerprint density at radius 1 is 1.36 bits per heavy atom. The van der Waals surface area contributed by atoms with E-state index in [9.17, 15) is 4.79 Å². The number of carbonyl (C=O) groups is 1. The zero-order valence-electron chi connectivity index (χ0n) is 8.41. The average molecular weight is 201 g/mol. The van der Waals surface area contributed by atoms with Crippen LogP contribution in [0.4, 0.5) is 0 Å². The van der Waals surface area contributed by atoms with Crippen LogP contribution in [0.5, 0.6) is 0 Å². The normalized spacial score (nSPS) is 20.6. The summed E-state index contributed by atoms with van der Waals surface area (Å²) < 4.78 is 0. The molecule has 0 aliphatic heterocycles. The van der Waals surface area contributed by atoms with Gasteiger partial charge in [-0.15, -0.1) is 0 Å². The first-order valence-electron chi connectivity index (χ1n) is 5.34. The number of nitrogens with one attached hydrogen (secondary N) is 1. The lowest BCUT2D eigenvalue weighted by Crippen LogP contribution is -2.34. The van der Waals surface area contributed by atoms with E-state index in [2.05, 4.69) is 5.32 Å². The molecule has 1 rings (SSSR count). The smallest absolute Gasteiger partial charge is 0.332 e. The van der Waals surface area contributed by atoms with Crippen molar-refractivity contribution in [2.45, 2.75) is 50.7 Å². The van der Waals surface area contributed by atoms with Crippen molar-refractivity contribution in [3.63, 3.8) is 0 Å². The average Bonchev–Trinajstić information content (AvgIpc) is 2.19. The topological polar surface area (TPSA) is 69.6 Å². The van der Waals surface area contributed by atoms with E-state index in [1.165, 1.54) is 32.1 Å². The second-order valence-corrected chi connectivity index (χ2v) is 3.93. The van der Waals surface area contributed by atoms with Crippen molar-refractivity contribution >= 4 is 5.97 Å². The molecule has 1 aliphatic rings. The molecule has 0 radical (unpaired) electrons. The Labute approximate surface area is 84.3 Å². The molecule has 0 amide bonds. The van der Waals surface area contributed by atoms with E-state index in [1.807, 2.05) is 0 Å². The maximum absolute atomic E-state index is 10.3. The first kappa shape index (κ1) is 11.5. The van der Waals surface area contributed by atoms with E-state index in [4.69, 9.17) is 10.2 Å². The summed E-state index contributed by atoms with van der Waals surface area (Å²) in [6, 6.07) is 0.532. The van der Waals surface area contributed by atoms with Crippen molar-refractivity contribution in [1.82, 2.24) is 5.32 Å². The molecule has 4 heteroatoms. The van der Waals surface area contributed by atoms with Gasteiger partial charge in [0.1, 0.15) is 0 Å². The molecular weight excluding hydrogens is 182 g/mol. The van der Waals surface area contributed by atoms with Crippen LogP contribution in [0.25, 0.3) is 0 Å². The van der Waals surface area contributed by atoms with Crippen molar-refractivity contribution in [3.05, 3.63) is 0 Å². The van der Waals surface area contributed by atoms with E-state index >= 15 is 0 Å². The largest absolute Gasteiger partial charge is 0.479 e. The molecule has 1 saturated carbocycles. The summed E-state index contributed by atoms with van der Waals surface area (Å²) in [6.07, 6.45) is 5.29. The first-order chi connectivity index (χ1) is 6.70. The molecule has 0 heterocycles. The highest BCUT2D eigenvalue weighted by molar-refractivity contribution is 5.71. The third-order valence-corrected chi connectivity index (χ3v) is 2.74. The van der Waals surface area contributed by atoms with Gasteiger partial charge in [-0.1, -0.05) is 19.3 Å². The van der Waals surface area contributed by atoms with Gasteiger partial charge in [0.2, 0.25) is 0 Å².